The van der Waals surface area contributed by atoms with E-state index in [4.69, 9.17) is 0 Å². The molecule has 0 saturated carbocycles. The molecule has 0 aliphatic carbocycles. The fourth-order valence-corrected chi connectivity index (χ4v) is 2.67. The first-order chi connectivity index (χ1) is 11.9. The number of hydrogen-bond donors (Lipinski definition) is 2. The van der Waals surface area contributed by atoms with Crippen LogP contribution in [0.25, 0.3) is 11.3 Å². The Labute approximate surface area is 156 Å². The summed E-state index contributed by atoms with van der Waals surface area (Å²) in [5.74, 6) is -0.275. The van der Waals surface area contributed by atoms with E-state index in [1.165, 1.54) is 0 Å². The minimum Gasteiger partial charge on any atom is -0.354 e. The summed E-state index contributed by atoms with van der Waals surface area (Å²) in [4.78, 5) is 28.3. The van der Waals surface area contributed by atoms with E-state index in [-0.39, 0.29) is 17.7 Å². The van der Waals surface area contributed by atoms with Gasteiger partial charge in [-0.15, -0.1) is 0 Å². The monoisotopic (exact) mass is 403 g/mol. The molecule has 0 atom stereocenters. The zero-order valence-corrected chi connectivity index (χ0v) is 16.2. The lowest BCUT2D eigenvalue weighted by Gasteiger charge is -2.11. The maximum absolute atomic E-state index is 12.3. The minimum atomic E-state index is -0.190. The summed E-state index contributed by atoms with van der Waals surface area (Å²) in [5, 5.41) is 5.57. The molecule has 25 heavy (non-hydrogen) atoms. The highest BCUT2D eigenvalue weighted by molar-refractivity contribution is 9.10. The number of carbonyl (C=O) groups is 2. The number of aromatic nitrogens is 1. The number of rotatable bonds is 6. The van der Waals surface area contributed by atoms with Crippen molar-refractivity contribution in [3.05, 3.63) is 52.1 Å². The number of carbonyl (C=O) groups excluding carboxylic acids is 2. The molecule has 5 nitrogen and oxygen atoms in total. The third kappa shape index (κ3) is 5.39. The van der Waals surface area contributed by atoms with Crippen LogP contribution in [-0.2, 0) is 4.79 Å². The third-order valence-corrected chi connectivity index (χ3v) is 4.18. The lowest BCUT2D eigenvalue weighted by molar-refractivity contribution is -0.123. The maximum atomic E-state index is 12.3. The van der Waals surface area contributed by atoms with Gasteiger partial charge in [0, 0.05) is 29.0 Å². The van der Waals surface area contributed by atoms with E-state index in [1.807, 2.05) is 51.1 Å². The predicted molar refractivity (Wildman–Crippen MR) is 102 cm³/mol. The van der Waals surface area contributed by atoms with Crippen molar-refractivity contribution in [2.24, 2.45) is 5.92 Å². The second kappa shape index (κ2) is 8.76. The molecular weight excluding hydrogens is 382 g/mol. The van der Waals surface area contributed by atoms with Gasteiger partial charge in [0.15, 0.2) is 0 Å². The van der Waals surface area contributed by atoms with Crippen molar-refractivity contribution < 1.29 is 9.59 Å². The van der Waals surface area contributed by atoms with Gasteiger partial charge in [-0.3, -0.25) is 14.6 Å². The maximum Gasteiger partial charge on any atom is 0.253 e. The summed E-state index contributed by atoms with van der Waals surface area (Å²) in [6.45, 7) is 6.26. The largest absolute Gasteiger partial charge is 0.354 e. The van der Waals surface area contributed by atoms with Gasteiger partial charge in [0.25, 0.3) is 5.91 Å². The molecule has 0 aliphatic heterocycles. The van der Waals surface area contributed by atoms with E-state index in [2.05, 4.69) is 31.5 Å². The Morgan fingerprint density at radius 3 is 2.48 bits per heavy atom. The first kappa shape index (κ1) is 19.1. The highest BCUT2D eigenvalue weighted by Gasteiger charge is 2.12. The van der Waals surface area contributed by atoms with Crippen molar-refractivity contribution in [2.75, 3.05) is 13.1 Å². The van der Waals surface area contributed by atoms with Crippen molar-refractivity contribution in [3.63, 3.8) is 0 Å². The second-order valence-electron chi connectivity index (χ2n) is 6.04. The molecule has 0 spiro atoms. The van der Waals surface area contributed by atoms with Gasteiger partial charge < -0.3 is 10.6 Å². The minimum absolute atomic E-state index is 0.0227. The molecule has 0 fully saturated rings. The Balaban J connectivity index is 1.98. The molecule has 0 aliphatic rings. The molecule has 0 radical (unpaired) electrons. The number of hydrogen-bond acceptors (Lipinski definition) is 3. The van der Waals surface area contributed by atoms with Gasteiger partial charge in [0.1, 0.15) is 0 Å². The van der Waals surface area contributed by atoms with Crippen LogP contribution >= 0.6 is 15.9 Å². The Hall–Kier alpha value is -2.21. The van der Waals surface area contributed by atoms with Gasteiger partial charge in [0.2, 0.25) is 5.91 Å². The van der Waals surface area contributed by atoms with E-state index >= 15 is 0 Å². The highest BCUT2D eigenvalue weighted by atomic mass is 79.9. The number of aryl methyl sites for hydroxylation is 1. The van der Waals surface area contributed by atoms with E-state index in [1.54, 1.807) is 6.07 Å². The van der Waals surface area contributed by atoms with Crippen molar-refractivity contribution in [2.45, 2.75) is 20.8 Å². The normalized spacial score (nSPS) is 10.6. The number of amides is 2. The Morgan fingerprint density at radius 2 is 1.84 bits per heavy atom. The van der Waals surface area contributed by atoms with E-state index < -0.39 is 0 Å². The average molecular weight is 404 g/mol. The van der Waals surface area contributed by atoms with Gasteiger partial charge in [-0.2, -0.15) is 0 Å². The van der Waals surface area contributed by atoms with Crippen LogP contribution in [0, 0.1) is 12.8 Å². The first-order valence-corrected chi connectivity index (χ1v) is 8.97. The van der Waals surface area contributed by atoms with Crippen LogP contribution in [0.5, 0.6) is 0 Å². The van der Waals surface area contributed by atoms with Crippen LogP contribution in [0.15, 0.2) is 40.9 Å². The predicted octanol–water partition coefficient (Wildman–Crippen LogP) is 3.32. The van der Waals surface area contributed by atoms with Gasteiger partial charge in [-0.1, -0.05) is 41.9 Å². The van der Waals surface area contributed by atoms with Crippen LogP contribution in [0.2, 0.25) is 0 Å². The third-order valence-electron chi connectivity index (χ3n) is 3.68. The van der Waals surface area contributed by atoms with Crippen molar-refractivity contribution in [3.8, 4) is 11.3 Å². The topological polar surface area (TPSA) is 71.1 Å². The molecule has 1 heterocycles. The molecule has 2 aromatic rings. The molecular formula is C19H22BrN3O2. The summed E-state index contributed by atoms with van der Waals surface area (Å²) in [7, 11) is 0. The van der Waals surface area contributed by atoms with Gasteiger partial charge in [-0.25, -0.2) is 0 Å². The summed E-state index contributed by atoms with van der Waals surface area (Å²) < 4.78 is 0.981. The smallest absolute Gasteiger partial charge is 0.253 e. The molecule has 6 heteroatoms. The standard InChI is InChI=1S/C19H22BrN3O2/c1-12(2)18(24)21-9-10-22-19(25)16-7-8-17(23-13(16)3)14-5-4-6-15(20)11-14/h4-8,11-12H,9-10H2,1-3H3,(H,21,24)(H,22,25). The highest BCUT2D eigenvalue weighted by Crippen LogP contribution is 2.22. The summed E-state index contributed by atoms with van der Waals surface area (Å²) in [6, 6.07) is 11.5. The van der Waals surface area contributed by atoms with Crippen LogP contribution in [0.4, 0.5) is 0 Å². The molecule has 0 saturated heterocycles. The Bertz CT molecular complexity index is 775. The summed E-state index contributed by atoms with van der Waals surface area (Å²) >= 11 is 3.45. The van der Waals surface area contributed by atoms with Gasteiger partial charge >= 0.3 is 0 Å². The van der Waals surface area contributed by atoms with E-state index in [0.717, 1.165) is 15.7 Å². The van der Waals surface area contributed by atoms with Crippen molar-refractivity contribution >= 4 is 27.7 Å². The molecule has 2 N–H and O–H groups in total. The van der Waals surface area contributed by atoms with Gasteiger partial charge in [-0.05, 0) is 31.2 Å². The zero-order chi connectivity index (χ0) is 18.4. The summed E-state index contributed by atoms with van der Waals surface area (Å²) in [6.07, 6.45) is 0. The quantitative estimate of drug-likeness (QED) is 0.726. The molecule has 2 rings (SSSR count). The molecule has 0 unspecified atom stereocenters. The van der Waals surface area contributed by atoms with E-state index in [0.29, 0.717) is 24.3 Å². The lowest BCUT2D eigenvalue weighted by atomic mass is 10.1. The number of pyridine rings is 1. The zero-order valence-electron chi connectivity index (χ0n) is 14.6. The summed E-state index contributed by atoms with van der Waals surface area (Å²) in [5.41, 5.74) is 3.01. The van der Waals surface area contributed by atoms with E-state index in [9.17, 15) is 9.59 Å². The van der Waals surface area contributed by atoms with Gasteiger partial charge in [0.05, 0.1) is 17.0 Å². The Morgan fingerprint density at radius 1 is 1.12 bits per heavy atom. The van der Waals surface area contributed by atoms with Crippen molar-refractivity contribution in [1.29, 1.82) is 0 Å². The van der Waals surface area contributed by atoms with Crippen LogP contribution < -0.4 is 10.6 Å². The average Bonchev–Trinajstić information content (AvgIpc) is 2.58. The first-order valence-electron chi connectivity index (χ1n) is 8.18. The number of nitrogens with zero attached hydrogens (tertiary/aromatic N) is 1. The van der Waals surface area contributed by atoms with Crippen molar-refractivity contribution in [1.82, 2.24) is 15.6 Å². The number of halogens is 1. The number of benzene rings is 1. The second-order valence-corrected chi connectivity index (χ2v) is 6.96. The molecule has 1 aromatic heterocycles. The molecule has 2 amide bonds. The van der Waals surface area contributed by atoms with Crippen LogP contribution in [0.3, 0.4) is 0 Å². The number of nitrogens with one attached hydrogen (secondary N) is 2. The van der Waals surface area contributed by atoms with Crippen LogP contribution in [-0.4, -0.2) is 29.9 Å². The fraction of sp³-hybridized carbons (Fsp3) is 0.316. The fourth-order valence-electron chi connectivity index (χ4n) is 2.27. The van der Waals surface area contributed by atoms with Crippen LogP contribution in [0.1, 0.15) is 29.9 Å². The molecule has 0 bridgehead atoms. The lowest BCUT2D eigenvalue weighted by Crippen LogP contribution is -2.36. The SMILES string of the molecule is Cc1nc(-c2cccc(Br)c2)ccc1C(=O)NCCNC(=O)C(C)C. The Kier molecular flexibility index (Phi) is 6.70. The molecule has 1 aromatic carbocycles. The molecule has 132 valence electrons.